The van der Waals surface area contributed by atoms with E-state index in [9.17, 15) is 4.79 Å². The van der Waals surface area contributed by atoms with Crippen LogP contribution in [0.1, 0.15) is 16.2 Å². The highest BCUT2D eigenvalue weighted by Crippen LogP contribution is 2.32. The minimum atomic E-state index is -0.978. The number of aryl methyl sites for hydroxylation is 1. The molecule has 2 aromatic rings. The quantitative estimate of drug-likeness (QED) is 0.829. The fraction of sp³-hybridized carbons (Fsp3) is 0.100. The fourth-order valence-electron chi connectivity index (χ4n) is 1.21. The zero-order valence-electron chi connectivity index (χ0n) is 8.88. The SMILES string of the molecule is Cc1nsc(Sc2cc(N)ccc2C(=O)O)n1. The second-order valence-corrected chi connectivity index (χ2v) is 5.31. The van der Waals surface area contributed by atoms with Crippen LogP contribution in [0.4, 0.5) is 5.69 Å². The van der Waals surface area contributed by atoms with Gasteiger partial charge in [0.05, 0.1) is 5.56 Å². The van der Waals surface area contributed by atoms with Crippen LogP contribution in [0.15, 0.2) is 27.4 Å². The van der Waals surface area contributed by atoms with Crippen molar-refractivity contribution in [3.63, 3.8) is 0 Å². The Hall–Kier alpha value is -1.60. The summed E-state index contributed by atoms with van der Waals surface area (Å²) in [6, 6.07) is 4.69. The maximum Gasteiger partial charge on any atom is 0.336 e. The number of nitrogens with zero attached hydrogens (tertiary/aromatic N) is 2. The van der Waals surface area contributed by atoms with Crippen LogP contribution in [0, 0.1) is 6.92 Å². The zero-order chi connectivity index (χ0) is 12.4. The number of hydrogen-bond donors (Lipinski definition) is 2. The number of carbonyl (C=O) groups is 1. The van der Waals surface area contributed by atoms with Crippen LogP contribution in [0.2, 0.25) is 0 Å². The number of benzene rings is 1. The molecule has 0 radical (unpaired) electrons. The molecule has 0 saturated carbocycles. The molecule has 1 aromatic carbocycles. The molecule has 0 amide bonds. The minimum Gasteiger partial charge on any atom is -0.478 e. The van der Waals surface area contributed by atoms with Gasteiger partial charge in [-0.15, -0.1) is 0 Å². The van der Waals surface area contributed by atoms with E-state index in [0.29, 0.717) is 20.7 Å². The maximum atomic E-state index is 11.0. The number of rotatable bonds is 3. The summed E-state index contributed by atoms with van der Waals surface area (Å²) in [7, 11) is 0. The van der Waals surface area contributed by atoms with Crippen LogP contribution in [0.5, 0.6) is 0 Å². The number of hydrogen-bond acceptors (Lipinski definition) is 6. The molecule has 1 heterocycles. The van der Waals surface area contributed by atoms with E-state index < -0.39 is 5.97 Å². The molecule has 0 aliphatic carbocycles. The summed E-state index contributed by atoms with van der Waals surface area (Å²) in [4.78, 5) is 15.8. The van der Waals surface area contributed by atoms with Gasteiger partial charge in [-0.3, -0.25) is 0 Å². The molecule has 5 nitrogen and oxygen atoms in total. The Bertz CT molecular complexity index is 568. The number of carboxylic acid groups (broad SMARTS) is 1. The van der Waals surface area contributed by atoms with Crippen LogP contribution in [0.25, 0.3) is 0 Å². The van der Waals surface area contributed by atoms with Crippen molar-refractivity contribution in [2.75, 3.05) is 5.73 Å². The van der Waals surface area contributed by atoms with Gasteiger partial charge in [-0.1, -0.05) is 11.8 Å². The Morgan fingerprint density at radius 2 is 2.29 bits per heavy atom. The number of nitrogens with two attached hydrogens (primary N) is 1. The Morgan fingerprint density at radius 1 is 1.53 bits per heavy atom. The molecular weight excluding hydrogens is 258 g/mol. The van der Waals surface area contributed by atoms with Gasteiger partial charge in [0.1, 0.15) is 5.82 Å². The molecule has 1 aromatic heterocycles. The fourth-order valence-corrected chi connectivity index (χ4v) is 2.99. The van der Waals surface area contributed by atoms with Gasteiger partial charge in [0, 0.05) is 10.6 Å². The standard InChI is InChI=1S/C10H9N3O2S2/c1-5-12-10(17-13-5)16-8-4-6(11)2-3-7(8)9(14)15/h2-4H,11H2,1H3,(H,14,15). The van der Waals surface area contributed by atoms with Crippen LogP contribution in [-0.4, -0.2) is 20.4 Å². The van der Waals surface area contributed by atoms with Gasteiger partial charge in [0.15, 0.2) is 4.34 Å². The minimum absolute atomic E-state index is 0.219. The van der Waals surface area contributed by atoms with E-state index in [1.54, 1.807) is 19.1 Å². The highest BCUT2D eigenvalue weighted by molar-refractivity contribution is 8.01. The Kier molecular flexibility index (Phi) is 3.30. The zero-order valence-corrected chi connectivity index (χ0v) is 10.5. The van der Waals surface area contributed by atoms with Gasteiger partial charge < -0.3 is 10.8 Å². The van der Waals surface area contributed by atoms with E-state index in [1.807, 2.05) is 0 Å². The molecule has 0 fully saturated rings. The molecule has 0 saturated heterocycles. The first kappa shape index (κ1) is 11.9. The number of aromatic carboxylic acids is 1. The van der Waals surface area contributed by atoms with Crippen molar-refractivity contribution in [2.45, 2.75) is 16.2 Å². The van der Waals surface area contributed by atoms with Crippen LogP contribution >= 0.6 is 23.3 Å². The summed E-state index contributed by atoms with van der Waals surface area (Å²) in [6.45, 7) is 1.79. The molecule has 0 aliphatic heterocycles. The molecular formula is C10H9N3O2S2. The van der Waals surface area contributed by atoms with E-state index in [1.165, 1.54) is 29.4 Å². The van der Waals surface area contributed by atoms with E-state index in [2.05, 4.69) is 9.36 Å². The van der Waals surface area contributed by atoms with Gasteiger partial charge in [-0.05, 0) is 36.7 Å². The van der Waals surface area contributed by atoms with E-state index >= 15 is 0 Å². The van der Waals surface area contributed by atoms with Crippen molar-refractivity contribution in [3.8, 4) is 0 Å². The lowest BCUT2D eigenvalue weighted by Gasteiger charge is -2.04. The molecule has 2 rings (SSSR count). The number of nitrogen functional groups attached to an aromatic ring is 1. The van der Waals surface area contributed by atoms with Crippen molar-refractivity contribution in [1.82, 2.24) is 9.36 Å². The number of carboxylic acids is 1. The van der Waals surface area contributed by atoms with E-state index in [4.69, 9.17) is 10.8 Å². The highest BCUT2D eigenvalue weighted by Gasteiger charge is 2.13. The summed E-state index contributed by atoms with van der Waals surface area (Å²) in [6.07, 6.45) is 0. The van der Waals surface area contributed by atoms with E-state index in [0.717, 1.165) is 0 Å². The van der Waals surface area contributed by atoms with Crippen LogP contribution < -0.4 is 5.73 Å². The summed E-state index contributed by atoms with van der Waals surface area (Å²) in [5, 5.41) is 9.05. The van der Waals surface area contributed by atoms with Crippen LogP contribution in [0.3, 0.4) is 0 Å². The maximum absolute atomic E-state index is 11.0. The molecule has 3 N–H and O–H groups in total. The normalized spacial score (nSPS) is 10.4. The van der Waals surface area contributed by atoms with Gasteiger partial charge in [0.2, 0.25) is 0 Å². The summed E-state index contributed by atoms with van der Waals surface area (Å²) in [5.74, 6) is -0.299. The highest BCUT2D eigenvalue weighted by atomic mass is 32.2. The molecule has 88 valence electrons. The van der Waals surface area contributed by atoms with Gasteiger partial charge in [-0.2, -0.15) is 4.37 Å². The van der Waals surface area contributed by atoms with Gasteiger partial charge in [-0.25, -0.2) is 9.78 Å². The predicted molar refractivity (Wildman–Crippen MR) is 66.6 cm³/mol. The molecule has 17 heavy (non-hydrogen) atoms. The third-order valence-corrected chi connectivity index (χ3v) is 3.84. The Morgan fingerprint density at radius 3 is 2.88 bits per heavy atom. The second kappa shape index (κ2) is 4.72. The lowest BCUT2D eigenvalue weighted by atomic mass is 10.2. The third-order valence-electron chi connectivity index (χ3n) is 1.94. The number of aromatic nitrogens is 2. The first-order valence-electron chi connectivity index (χ1n) is 4.67. The smallest absolute Gasteiger partial charge is 0.336 e. The Balaban J connectivity index is 2.37. The monoisotopic (exact) mass is 267 g/mol. The second-order valence-electron chi connectivity index (χ2n) is 3.27. The summed E-state index contributed by atoms with van der Waals surface area (Å²) in [5.41, 5.74) is 6.39. The topological polar surface area (TPSA) is 89.1 Å². The number of anilines is 1. The average molecular weight is 267 g/mol. The first-order chi connectivity index (χ1) is 8.06. The first-order valence-corrected chi connectivity index (χ1v) is 6.26. The van der Waals surface area contributed by atoms with Crippen molar-refractivity contribution >= 4 is 35.0 Å². The Labute approximate surface area is 106 Å². The molecule has 0 aliphatic rings. The lowest BCUT2D eigenvalue weighted by molar-refractivity contribution is 0.0693. The predicted octanol–water partition coefficient (Wildman–Crippen LogP) is 2.28. The molecule has 7 heteroatoms. The average Bonchev–Trinajstić information content (AvgIpc) is 2.63. The molecule has 0 atom stereocenters. The van der Waals surface area contributed by atoms with Crippen LogP contribution in [-0.2, 0) is 0 Å². The van der Waals surface area contributed by atoms with Crippen molar-refractivity contribution < 1.29 is 9.90 Å². The van der Waals surface area contributed by atoms with Gasteiger partial charge >= 0.3 is 5.97 Å². The molecule has 0 spiro atoms. The molecule has 0 bridgehead atoms. The lowest BCUT2D eigenvalue weighted by Crippen LogP contribution is -1.99. The molecule has 0 unspecified atom stereocenters. The third kappa shape index (κ3) is 2.75. The largest absolute Gasteiger partial charge is 0.478 e. The van der Waals surface area contributed by atoms with Gasteiger partial charge in [0.25, 0.3) is 0 Å². The van der Waals surface area contributed by atoms with Crippen molar-refractivity contribution in [2.24, 2.45) is 0 Å². The summed E-state index contributed by atoms with van der Waals surface area (Å²) < 4.78 is 4.75. The van der Waals surface area contributed by atoms with Crippen molar-refractivity contribution in [1.29, 1.82) is 0 Å². The van der Waals surface area contributed by atoms with E-state index in [-0.39, 0.29) is 5.56 Å². The summed E-state index contributed by atoms with van der Waals surface area (Å²) >= 11 is 2.50. The van der Waals surface area contributed by atoms with Crippen molar-refractivity contribution in [3.05, 3.63) is 29.6 Å².